The third-order valence-corrected chi connectivity index (χ3v) is 6.89. The number of nitriles is 1. The third-order valence-electron chi connectivity index (χ3n) is 6.89. The van der Waals surface area contributed by atoms with Gasteiger partial charge in [0.15, 0.2) is 0 Å². The topological polar surface area (TPSA) is 99.0 Å². The lowest BCUT2D eigenvalue weighted by Crippen LogP contribution is -2.27. The molecule has 0 amide bonds. The highest BCUT2D eigenvalue weighted by atomic mass is 19.3. The van der Waals surface area contributed by atoms with Crippen LogP contribution in [0.2, 0.25) is 0 Å². The van der Waals surface area contributed by atoms with Crippen LogP contribution in [-0.4, -0.2) is 53.5 Å². The van der Waals surface area contributed by atoms with Gasteiger partial charge >= 0.3 is 0 Å². The molecule has 0 spiro atoms. The van der Waals surface area contributed by atoms with Crippen LogP contribution < -0.4 is 15.4 Å². The molecule has 0 bridgehead atoms. The van der Waals surface area contributed by atoms with E-state index in [0.29, 0.717) is 52.1 Å². The van der Waals surface area contributed by atoms with Gasteiger partial charge in [0, 0.05) is 49.7 Å². The van der Waals surface area contributed by atoms with Crippen LogP contribution >= 0.6 is 0 Å². The van der Waals surface area contributed by atoms with Gasteiger partial charge in [0.25, 0.3) is 0 Å². The van der Waals surface area contributed by atoms with Crippen molar-refractivity contribution in [3.63, 3.8) is 0 Å². The lowest BCUT2D eigenvalue weighted by atomic mass is 9.80. The number of hydrogen-bond acceptors (Lipinski definition) is 8. The average Bonchev–Trinajstić information content (AvgIpc) is 3.18. The first-order valence-electron chi connectivity index (χ1n) is 11.8. The highest BCUT2D eigenvalue weighted by Gasteiger charge is 2.38. The Morgan fingerprint density at radius 1 is 1.31 bits per heavy atom. The first-order valence-corrected chi connectivity index (χ1v) is 11.8. The van der Waals surface area contributed by atoms with E-state index in [-0.39, 0.29) is 6.42 Å². The zero-order valence-corrected chi connectivity index (χ0v) is 20.4. The predicted octanol–water partition coefficient (Wildman–Crippen LogP) is 4.49. The van der Waals surface area contributed by atoms with Gasteiger partial charge in [-0.05, 0) is 42.4 Å². The highest BCUT2D eigenvalue weighted by molar-refractivity contribution is 5.76. The van der Waals surface area contributed by atoms with Gasteiger partial charge in [0.05, 0.1) is 29.7 Å². The van der Waals surface area contributed by atoms with E-state index in [1.807, 2.05) is 12.1 Å². The van der Waals surface area contributed by atoms with Crippen LogP contribution in [0.15, 0.2) is 30.5 Å². The number of nitrogens with one attached hydrogen (secondary N) is 2. The molecular formula is C26H27F2N7O. The molecule has 0 fully saturated rings. The second-order valence-electron chi connectivity index (χ2n) is 9.60. The fourth-order valence-corrected chi connectivity index (χ4v) is 4.99. The summed E-state index contributed by atoms with van der Waals surface area (Å²) in [7, 11) is 3.64. The Bertz CT molecular complexity index is 1360. The third kappa shape index (κ3) is 4.42. The number of likely N-dealkylation sites (N-methyl/N-ethyl adjacent to an activating group) is 1. The molecule has 5 rings (SSSR count). The molecule has 0 saturated carbocycles. The Kier molecular flexibility index (Phi) is 6.18. The summed E-state index contributed by atoms with van der Waals surface area (Å²) in [5, 5.41) is 16.1. The zero-order valence-electron chi connectivity index (χ0n) is 20.4. The van der Waals surface area contributed by atoms with Crippen molar-refractivity contribution in [1.29, 1.82) is 5.26 Å². The van der Waals surface area contributed by atoms with Crippen molar-refractivity contribution in [3.05, 3.63) is 52.8 Å². The summed E-state index contributed by atoms with van der Waals surface area (Å²) in [5.41, 5.74) is 4.97. The van der Waals surface area contributed by atoms with E-state index in [2.05, 4.69) is 43.6 Å². The molecule has 0 aliphatic carbocycles. The molecule has 4 heterocycles. The first-order chi connectivity index (χ1) is 17.3. The van der Waals surface area contributed by atoms with Crippen molar-refractivity contribution >= 4 is 17.3 Å². The summed E-state index contributed by atoms with van der Waals surface area (Å²) in [5.74, 6) is 0.801. The Balaban J connectivity index is 1.50. The molecule has 2 aromatic heterocycles. The molecule has 0 saturated heterocycles. The smallest absolute Gasteiger partial charge is 0.239 e. The van der Waals surface area contributed by atoms with Crippen LogP contribution in [0.4, 0.5) is 26.1 Å². The standard InChI is InChI=1S/C26H27F2N7O/c1-26(11-22(27)28)14-31-23-16(12-29)8-15(9-18(23)26)19-4-6-30-25(33-19)34-21-10-17-13-35(2)7-5-20(17)32-24(21)36-3/h4,6,8-10,22,31H,5,7,11,13-14H2,1-3H3,(H,30,33,34). The number of alkyl halides is 2. The van der Waals surface area contributed by atoms with Gasteiger partial charge in [0.1, 0.15) is 11.8 Å². The van der Waals surface area contributed by atoms with E-state index in [1.54, 1.807) is 32.4 Å². The molecule has 2 N–H and O–H groups in total. The lowest BCUT2D eigenvalue weighted by Gasteiger charge is -2.25. The molecule has 1 atom stereocenters. The number of pyridine rings is 1. The monoisotopic (exact) mass is 491 g/mol. The van der Waals surface area contributed by atoms with E-state index < -0.39 is 11.8 Å². The number of rotatable bonds is 6. The number of benzene rings is 1. The average molecular weight is 492 g/mol. The molecule has 3 aromatic rings. The maximum absolute atomic E-state index is 13.3. The molecule has 10 heteroatoms. The van der Waals surface area contributed by atoms with Crippen LogP contribution in [0, 0.1) is 11.3 Å². The number of halogens is 2. The van der Waals surface area contributed by atoms with Crippen LogP contribution in [-0.2, 0) is 18.4 Å². The van der Waals surface area contributed by atoms with Crippen molar-refractivity contribution in [3.8, 4) is 23.2 Å². The molecule has 0 radical (unpaired) electrons. The quantitative estimate of drug-likeness (QED) is 0.521. The van der Waals surface area contributed by atoms with Gasteiger partial charge in [-0.25, -0.2) is 23.7 Å². The van der Waals surface area contributed by atoms with Gasteiger partial charge in [-0.15, -0.1) is 0 Å². The second kappa shape index (κ2) is 9.32. The van der Waals surface area contributed by atoms with Gasteiger partial charge in [-0.2, -0.15) is 5.26 Å². The summed E-state index contributed by atoms with van der Waals surface area (Å²) in [6.45, 7) is 3.88. The van der Waals surface area contributed by atoms with E-state index in [0.717, 1.165) is 30.8 Å². The van der Waals surface area contributed by atoms with E-state index >= 15 is 0 Å². The van der Waals surface area contributed by atoms with Crippen molar-refractivity contribution in [2.75, 3.05) is 37.9 Å². The number of hydrogen-bond donors (Lipinski definition) is 2. The maximum atomic E-state index is 13.3. The number of ether oxygens (including phenoxy) is 1. The molecule has 8 nitrogen and oxygen atoms in total. The minimum Gasteiger partial charge on any atom is -0.480 e. The fourth-order valence-electron chi connectivity index (χ4n) is 4.99. The van der Waals surface area contributed by atoms with Crippen molar-refractivity contribution in [1.82, 2.24) is 19.9 Å². The summed E-state index contributed by atoms with van der Waals surface area (Å²) in [6.07, 6.45) is -0.273. The minimum atomic E-state index is -2.45. The largest absolute Gasteiger partial charge is 0.480 e. The Morgan fingerprint density at radius 2 is 2.14 bits per heavy atom. The Labute approximate surface area is 208 Å². The number of methoxy groups -OCH3 is 1. The molecule has 36 heavy (non-hydrogen) atoms. The molecule has 1 unspecified atom stereocenters. The number of aromatic nitrogens is 3. The normalized spacial score (nSPS) is 18.8. The van der Waals surface area contributed by atoms with Crippen LogP contribution in [0.5, 0.6) is 5.88 Å². The van der Waals surface area contributed by atoms with E-state index in [9.17, 15) is 14.0 Å². The summed E-state index contributed by atoms with van der Waals surface area (Å²) >= 11 is 0. The second-order valence-corrected chi connectivity index (χ2v) is 9.60. The molecule has 2 aliphatic rings. The van der Waals surface area contributed by atoms with Crippen LogP contribution in [0.3, 0.4) is 0 Å². The Hall–Kier alpha value is -3.84. The number of anilines is 3. The van der Waals surface area contributed by atoms with Gasteiger partial charge < -0.3 is 20.3 Å². The molecular weight excluding hydrogens is 464 g/mol. The maximum Gasteiger partial charge on any atom is 0.239 e. The first kappa shape index (κ1) is 23.9. The van der Waals surface area contributed by atoms with E-state index in [4.69, 9.17) is 4.74 Å². The predicted molar refractivity (Wildman–Crippen MR) is 133 cm³/mol. The van der Waals surface area contributed by atoms with Crippen molar-refractivity contribution in [2.24, 2.45) is 0 Å². The molecule has 2 aliphatic heterocycles. The van der Waals surface area contributed by atoms with Crippen molar-refractivity contribution in [2.45, 2.75) is 38.2 Å². The van der Waals surface area contributed by atoms with Gasteiger partial charge in [-0.1, -0.05) is 6.92 Å². The lowest BCUT2D eigenvalue weighted by molar-refractivity contribution is 0.111. The minimum absolute atomic E-state index is 0.293. The SMILES string of the molecule is COc1nc2c(cc1Nc1nccc(-c3cc(C#N)c4c(c3)C(C)(CC(F)F)CN4)n1)CN(C)CC2. The van der Waals surface area contributed by atoms with Gasteiger partial charge in [0.2, 0.25) is 18.3 Å². The van der Waals surface area contributed by atoms with Crippen molar-refractivity contribution < 1.29 is 13.5 Å². The van der Waals surface area contributed by atoms with Crippen LogP contribution in [0.25, 0.3) is 11.3 Å². The number of fused-ring (bicyclic) bond motifs is 2. The zero-order chi connectivity index (χ0) is 25.4. The van der Waals surface area contributed by atoms with E-state index in [1.165, 1.54) is 0 Å². The highest BCUT2D eigenvalue weighted by Crippen LogP contribution is 2.44. The Morgan fingerprint density at radius 3 is 2.89 bits per heavy atom. The summed E-state index contributed by atoms with van der Waals surface area (Å²) < 4.78 is 32.2. The summed E-state index contributed by atoms with van der Waals surface area (Å²) in [4.78, 5) is 15.9. The summed E-state index contributed by atoms with van der Waals surface area (Å²) in [6, 6.07) is 9.51. The van der Waals surface area contributed by atoms with Gasteiger partial charge in [-0.3, -0.25) is 0 Å². The molecule has 186 valence electrons. The fraction of sp³-hybridized carbons (Fsp3) is 0.385. The molecule has 1 aromatic carbocycles. The number of nitrogens with zero attached hydrogens (tertiary/aromatic N) is 5. The van der Waals surface area contributed by atoms with Crippen LogP contribution in [0.1, 0.15) is 35.7 Å².